The van der Waals surface area contributed by atoms with Gasteiger partial charge in [-0.05, 0) is 24.6 Å². The maximum atomic E-state index is 11.7. The average molecular weight is 248 g/mol. The summed E-state index contributed by atoms with van der Waals surface area (Å²) < 4.78 is 5.20. The van der Waals surface area contributed by atoms with E-state index in [2.05, 4.69) is 5.32 Å². The molecule has 18 heavy (non-hydrogen) atoms. The fraction of sp³-hybridized carbons (Fsp3) is 0.385. The van der Waals surface area contributed by atoms with E-state index in [4.69, 9.17) is 4.74 Å². The standard InChI is InChI=1S/C13H16N2O3/c1-3-12-8-15(13(17)18-12)11-6-4-5-10(7-11)14-9(2)16/h4-7,12H,3,8H2,1-2H3,(H,14,16). The molecular formula is C13H16N2O3. The third kappa shape index (κ3) is 2.61. The topological polar surface area (TPSA) is 58.6 Å². The zero-order valence-corrected chi connectivity index (χ0v) is 10.5. The van der Waals surface area contributed by atoms with Gasteiger partial charge in [0.15, 0.2) is 0 Å². The molecule has 0 aromatic heterocycles. The van der Waals surface area contributed by atoms with Crippen LogP contribution >= 0.6 is 0 Å². The zero-order valence-electron chi connectivity index (χ0n) is 10.5. The van der Waals surface area contributed by atoms with Gasteiger partial charge in [-0.2, -0.15) is 0 Å². The molecular weight excluding hydrogens is 232 g/mol. The quantitative estimate of drug-likeness (QED) is 0.893. The summed E-state index contributed by atoms with van der Waals surface area (Å²) in [6.07, 6.45) is 0.414. The van der Waals surface area contributed by atoms with Crippen LogP contribution in [0.25, 0.3) is 0 Å². The second-order valence-electron chi connectivity index (χ2n) is 4.26. The minimum Gasteiger partial charge on any atom is -0.444 e. The number of carbonyl (C=O) groups is 2. The molecule has 0 radical (unpaired) electrons. The predicted molar refractivity (Wildman–Crippen MR) is 68.7 cm³/mol. The van der Waals surface area contributed by atoms with Crippen molar-refractivity contribution in [2.75, 3.05) is 16.8 Å². The Kier molecular flexibility index (Phi) is 3.50. The van der Waals surface area contributed by atoms with E-state index in [0.29, 0.717) is 12.2 Å². The summed E-state index contributed by atoms with van der Waals surface area (Å²) in [5.74, 6) is -0.136. The lowest BCUT2D eigenvalue weighted by Gasteiger charge is -2.14. The number of nitrogens with zero attached hydrogens (tertiary/aromatic N) is 1. The van der Waals surface area contributed by atoms with Gasteiger partial charge in [-0.3, -0.25) is 9.69 Å². The lowest BCUT2D eigenvalue weighted by atomic mass is 10.2. The lowest BCUT2D eigenvalue weighted by Crippen LogP contribution is -2.24. The van der Waals surface area contributed by atoms with Gasteiger partial charge in [0, 0.05) is 18.3 Å². The van der Waals surface area contributed by atoms with E-state index in [1.165, 1.54) is 6.92 Å². The Labute approximate surface area is 106 Å². The smallest absolute Gasteiger partial charge is 0.414 e. The minimum absolute atomic E-state index is 0.0538. The fourth-order valence-electron chi connectivity index (χ4n) is 1.90. The molecule has 1 atom stereocenters. The Hall–Kier alpha value is -2.04. The molecule has 1 aliphatic heterocycles. The summed E-state index contributed by atoms with van der Waals surface area (Å²) in [6, 6.07) is 7.17. The summed E-state index contributed by atoms with van der Waals surface area (Å²) in [6.45, 7) is 3.98. The van der Waals surface area contributed by atoms with E-state index >= 15 is 0 Å². The van der Waals surface area contributed by atoms with E-state index < -0.39 is 0 Å². The molecule has 0 aliphatic carbocycles. The van der Waals surface area contributed by atoms with Crippen molar-refractivity contribution in [2.45, 2.75) is 26.4 Å². The molecule has 1 saturated heterocycles. The number of carbonyl (C=O) groups excluding carboxylic acids is 2. The van der Waals surface area contributed by atoms with E-state index in [9.17, 15) is 9.59 Å². The van der Waals surface area contributed by atoms with E-state index in [0.717, 1.165) is 12.1 Å². The maximum absolute atomic E-state index is 11.7. The van der Waals surface area contributed by atoms with E-state index in [-0.39, 0.29) is 18.1 Å². The molecule has 1 unspecified atom stereocenters. The molecule has 1 aliphatic rings. The predicted octanol–water partition coefficient (Wildman–Crippen LogP) is 2.38. The molecule has 2 amide bonds. The first-order chi connectivity index (χ1) is 8.60. The van der Waals surface area contributed by atoms with E-state index in [1.807, 2.05) is 13.0 Å². The van der Waals surface area contributed by atoms with Crippen molar-refractivity contribution in [2.24, 2.45) is 0 Å². The lowest BCUT2D eigenvalue weighted by molar-refractivity contribution is -0.114. The second kappa shape index (κ2) is 5.08. The second-order valence-corrected chi connectivity index (χ2v) is 4.26. The fourth-order valence-corrected chi connectivity index (χ4v) is 1.90. The summed E-state index contributed by atoms with van der Waals surface area (Å²) in [7, 11) is 0. The SMILES string of the molecule is CCC1CN(c2cccc(NC(C)=O)c2)C(=O)O1. The van der Waals surface area contributed by atoms with Crippen molar-refractivity contribution in [3.8, 4) is 0 Å². The van der Waals surface area contributed by atoms with Crippen LogP contribution < -0.4 is 10.2 Å². The number of amides is 2. The van der Waals surface area contributed by atoms with Gasteiger partial charge < -0.3 is 10.1 Å². The molecule has 1 aromatic rings. The largest absolute Gasteiger partial charge is 0.444 e. The van der Waals surface area contributed by atoms with Crippen LogP contribution in [0.3, 0.4) is 0 Å². The number of anilines is 2. The van der Waals surface area contributed by atoms with Gasteiger partial charge in [0.2, 0.25) is 5.91 Å². The highest BCUT2D eigenvalue weighted by atomic mass is 16.6. The normalized spacial score (nSPS) is 18.7. The Morgan fingerprint density at radius 3 is 2.94 bits per heavy atom. The van der Waals surface area contributed by atoms with Gasteiger partial charge in [0.1, 0.15) is 6.10 Å². The molecule has 1 heterocycles. The molecule has 5 heteroatoms. The van der Waals surface area contributed by atoms with Crippen LogP contribution in [-0.2, 0) is 9.53 Å². The van der Waals surface area contributed by atoms with Gasteiger partial charge in [0.05, 0.1) is 6.54 Å². The number of nitrogens with one attached hydrogen (secondary N) is 1. The highest BCUT2D eigenvalue weighted by molar-refractivity contribution is 5.92. The van der Waals surface area contributed by atoms with Crippen LogP contribution in [0.1, 0.15) is 20.3 Å². The van der Waals surface area contributed by atoms with Crippen molar-refractivity contribution < 1.29 is 14.3 Å². The maximum Gasteiger partial charge on any atom is 0.414 e. The number of hydrogen-bond donors (Lipinski definition) is 1. The van der Waals surface area contributed by atoms with Crippen LogP contribution in [0.2, 0.25) is 0 Å². The van der Waals surface area contributed by atoms with Crippen LogP contribution in [0, 0.1) is 0 Å². The third-order valence-corrected chi connectivity index (χ3v) is 2.81. The first-order valence-electron chi connectivity index (χ1n) is 5.96. The Morgan fingerprint density at radius 2 is 2.33 bits per heavy atom. The van der Waals surface area contributed by atoms with Crippen molar-refractivity contribution >= 4 is 23.4 Å². The number of ether oxygens (including phenoxy) is 1. The highest BCUT2D eigenvalue weighted by Crippen LogP contribution is 2.25. The number of benzene rings is 1. The summed E-state index contributed by atoms with van der Waals surface area (Å²) in [5, 5.41) is 2.69. The van der Waals surface area contributed by atoms with Crippen LogP contribution in [0.4, 0.5) is 16.2 Å². The van der Waals surface area contributed by atoms with E-state index in [1.54, 1.807) is 23.1 Å². The first kappa shape index (κ1) is 12.4. The van der Waals surface area contributed by atoms with Crippen molar-refractivity contribution in [3.05, 3.63) is 24.3 Å². The summed E-state index contributed by atoms with van der Waals surface area (Å²) >= 11 is 0. The van der Waals surface area contributed by atoms with Crippen molar-refractivity contribution in [1.29, 1.82) is 0 Å². The van der Waals surface area contributed by atoms with Crippen LogP contribution in [-0.4, -0.2) is 24.6 Å². The molecule has 2 rings (SSSR count). The van der Waals surface area contributed by atoms with Gasteiger partial charge in [-0.15, -0.1) is 0 Å². The molecule has 0 spiro atoms. The molecule has 1 aromatic carbocycles. The molecule has 1 fully saturated rings. The van der Waals surface area contributed by atoms with Gasteiger partial charge >= 0.3 is 6.09 Å². The number of rotatable bonds is 3. The van der Waals surface area contributed by atoms with Crippen LogP contribution in [0.15, 0.2) is 24.3 Å². The van der Waals surface area contributed by atoms with Gasteiger partial charge in [-0.25, -0.2) is 4.79 Å². The zero-order chi connectivity index (χ0) is 13.1. The first-order valence-corrected chi connectivity index (χ1v) is 5.96. The summed E-state index contributed by atoms with van der Waals surface area (Å²) in [5.41, 5.74) is 1.41. The minimum atomic E-state index is -0.332. The Morgan fingerprint density at radius 1 is 1.56 bits per heavy atom. The molecule has 5 nitrogen and oxygen atoms in total. The van der Waals surface area contributed by atoms with Crippen molar-refractivity contribution in [1.82, 2.24) is 0 Å². The Bertz CT molecular complexity index is 473. The van der Waals surface area contributed by atoms with Crippen LogP contribution in [0.5, 0.6) is 0 Å². The van der Waals surface area contributed by atoms with Gasteiger partial charge in [-0.1, -0.05) is 13.0 Å². The molecule has 1 N–H and O–H groups in total. The number of cyclic esters (lactones) is 1. The molecule has 0 saturated carbocycles. The molecule has 96 valence electrons. The van der Waals surface area contributed by atoms with Crippen molar-refractivity contribution in [3.63, 3.8) is 0 Å². The highest BCUT2D eigenvalue weighted by Gasteiger charge is 2.31. The summed E-state index contributed by atoms with van der Waals surface area (Å²) in [4.78, 5) is 24.3. The average Bonchev–Trinajstić information content (AvgIpc) is 2.70. The Balaban J connectivity index is 2.18. The third-order valence-electron chi connectivity index (χ3n) is 2.81. The monoisotopic (exact) mass is 248 g/mol. The number of hydrogen-bond acceptors (Lipinski definition) is 3. The molecule has 0 bridgehead atoms. The van der Waals surface area contributed by atoms with Gasteiger partial charge in [0.25, 0.3) is 0 Å².